The zero-order valence-corrected chi connectivity index (χ0v) is 15.4. The first kappa shape index (κ1) is 18.9. The Kier molecular flexibility index (Phi) is 6.46. The fraction of sp³-hybridized carbons (Fsp3) is 0.412. The van der Waals surface area contributed by atoms with Crippen molar-refractivity contribution < 1.29 is 19.1 Å². The average Bonchev–Trinajstić information content (AvgIpc) is 3.10. The number of aromatic nitrogens is 2. The third-order valence-corrected chi connectivity index (χ3v) is 4.28. The highest BCUT2D eigenvalue weighted by Crippen LogP contribution is 2.26. The van der Waals surface area contributed by atoms with E-state index in [0.717, 1.165) is 17.1 Å². The van der Waals surface area contributed by atoms with Crippen LogP contribution >= 0.6 is 11.5 Å². The number of methoxy groups -OCH3 is 2. The van der Waals surface area contributed by atoms with E-state index < -0.39 is 17.9 Å². The molecule has 0 fully saturated rings. The molecule has 1 heterocycles. The maximum absolute atomic E-state index is 12.6. The molecule has 0 radical (unpaired) electrons. The number of nitrogens with one attached hydrogen (secondary N) is 1. The van der Waals surface area contributed by atoms with Gasteiger partial charge in [0, 0.05) is 5.56 Å². The van der Waals surface area contributed by atoms with Crippen LogP contribution in [0.25, 0.3) is 11.3 Å². The maximum atomic E-state index is 12.6. The van der Waals surface area contributed by atoms with E-state index in [1.165, 1.54) is 7.11 Å². The molecule has 1 unspecified atom stereocenters. The Morgan fingerprint density at radius 1 is 1.20 bits per heavy atom. The summed E-state index contributed by atoms with van der Waals surface area (Å²) in [4.78, 5) is 24.9. The summed E-state index contributed by atoms with van der Waals surface area (Å²) in [7, 11) is 2.89. The number of carbonyl (C=O) groups is 2. The summed E-state index contributed by atoms with van der Waals surface area (Å²) in [5.41, 5.74) is 1.22. The zero-order chi connectivity index (χ0) is 18.4. The molecular formula is C17H21N3O4S. The van der Waals surface area contributed by atoms with Gasteiger partial charge in [0.05, 0.1) is 14.2 Å². The smallest absolute Gasteiger partial charge is 0.328 e. The lowest BCUT2D eigenvalue weighted by atomic mass is 10.0. The Labute approximate surface area is 150 Å². The predicted molar refractivity (Wildman–Crippen MR) is 94.6 cm³/mol. The molecule has 0 saturated carbocycles. The largest absolute Gasteiger partial charge is 0.497 e. The number of esters is 1. The molecule has 1 amide bonds. The molecule has 25 heavy (non-hydrogen) atoms. The fourth-order valence-electron chi connectivity index (χ4n) is 2.33. The first-order chi connectivity index (χ1) is 12.0. The minimum absolute atomic E-state index is 0.227. The number of hydrogen-bond donors (Lipinski definition) is 1. The van der Waals surface area contributed by atoms with Gasteiger partial charge >= 0.3 is 5.97 Å². The van der Waals surface area contributed by atoms with Crippen molar-refractivity contribution in [1.82, 2.24) is 14.9 Å². The van der Waals surface area contributed by atoms with E-state index >= 15 is 0 Å². The van der Waals surface area contributed by atoms with Gasteiger partial charge in [0.1, 0.15) is 22.4 Å². The third-order valence-electron chi connectivity index (χ3n) is 3.56. The van der Waals surface area contributed by atoms with E-state index in [4.69, 9.17) is 9.47 Å². The highest BCUT2D eigenvalue weighted by Gasteiger charge is 2.26. The Bertz CT molecular complexity index is 728. The molecule has 1 aromatic carbocycles. The van der Waals surface area contributed by atoms with Crippen LogP contribution in [0.15, 0.2) is 24.3 Å². The topological polar surface area (TPSA) is 90.4 Å². The molecule has 7 nitrogen and oxygen atoms in total. The molecule has 1 atom stereocenters. The van der Waals surface area contributed by atoms with Gasteiger partial charge in [-0.15, -0.1) is 5.10 Å². The van der Waals surface area contributed by atoms with Crippen molar-refractivity contribution in [1.29, 1.82) is 0 Å². The van der Waals surface area contributed by atoms with Crippen LogP contribution in [0, 0.1) is 5.92 Å². The Hall–Kier alpha value is -2.48. The van der Waals surface area contributed by atoms with Gasteiger partial charge in [0.2, 0.25) is 0 Å². The van der Waals surface area contributed by atoms with Gasteiger partial charge in [-0.3, -0.25) is 4.79 Å². The summed E-state index contributed by atoms with van der Waals surface area (Å²) in [6.45, 7) is 3.94. The standard InChI is InChI=1S/C17H21N3O4S/c1-10(2)9-13(17(22)24-4)18-16(21)15-14(19-20-25-15)11-5-7-12(23-3)8-6-11/h5-8,10,13H,9H2,1-4H3,(H,18,21). The summed E-state index contributed by atoms with van der Waals surface area (Å²) >= 11 is 0.986. The van der Waals surface area contributed by atoms with E-state index in [9.17, 15) is 9.59 Å². The number of carbonyl (C=O) groups excluding carboxylic acids is 2. The molecule has 1 N–H and O–H groups in total. The number of hydrogen-bond acceptors (Lipinski definition) is 7. The molecule has 0 aliphatic rings. The van der Waals surface area contributed by atoms with Crippen molar-refractivity contribution >= 4 is 23.4 Å². The molecule has 0 bridgehead atoms. The highest BCUT2D eigenvalue weighted by molar-refractivity contribution is 7.08. The molecule has 134 valence electrons. The molecule has 2 rings (SSSR count). The number of rotatable bonds is 7. The van der Waals surface area contributed by atoms with Crippen LogP contribution < -0.4 is 10.1 Å². The second kappa shape index (κ2) is 8.57. The van der Waals surface area contributed by atoms with Gasteiger partial charge in [-0.2, -0.15) is 0 Å². The molecule has 8 heteroatoms. The van der Waals surface area contributed by atoms with Crippen molar-refractivity contribution in [3.05, 3.63) is 29.1 Å². The number of amides is 1. The molecule has 1 aromatic heterocycles. The number of benzene rings is 1. The molecule has 0 aliphatic carbocycles. The molecule has 2 aromatic rings. The second-order valence-corrected chi connectivity index (χ2v) is 6.61. The van der Waals surface area contributed by atoms with Crippen molar-refractivity contribution in [3.8, 4) is 17.0 Å². The minimum atomic E-state index is -0.705. The lowest BCUT2D eigenvalue weighted by Crippen LogP contribution is -2.42. The first-order valence-corrected chi connectivity index (χ1v) is 8.59. The van der Waals surface area contributed by atoms with Gasteiger partial charge in [0.25, 0.3) is 5.91 Å². The van der Waals surface area contributed by atoms with Gasteiger partial charge in [-0.05, 0) is 48.1 Å². The average molecular weight is 363 g/mol. The first-order valence-electron chi connectivity index (χ1n) is 7.81. The lowest BCUT2D eigenvalue weighted by molar-refractivity contribution is -0.143. The van der Waals surface area contributed by atoms with E-state index in [2.05, 4.69) is 14.9 Å². The van der Waals surface area contributed by atoms with Crippen molar-refractivity contribution in [2.75, 3.05) is 14.2 Å². The van der Waals surface area contributed by atoms with E-state index in [1.807, 2.05) is 13.8 Å². The van der Waals surface area contributed by atoms with Crippen LogP contribution in [0.1, 0.15) is 29.9 Å². The Morgan fingerprint density at radius 2 is 1.88 bits per heavy atom. The van der Waals surface area contributed by atoms with Crippen molar-refractivity contribution in [2.45, 2.75) is 26.3 Å². The normalized spacial score (nSPS) is 11.9. The van der Waals surface area contributed by atoms with Crippen LogP contribution in [-0.4, -0.2) is 41.7 Å². The van der Waals surface area contributed by atoms with E-state index in [0.29, 0.717) is 22.7 Å². The van der Waals surface area contributed by atoms with E-state index in [1.54, 1.807) is 31.4 Å². The Balaban J connectivity index is 2.22. The molecule has 0 saturated heterocycles. The molecule has 0 spiro atoms. The van der Waals surface area contributed by atoms with Crippen LogP contribution in [-0.2, 0) is 9.53 Å². The number of ether oxygens (including phenoxy) is 2. The third kappa shape index (κ3) is 4.76. The zero-order valence-electron chi connectivity index (χ0n) is 14.6. The van der Waals surface area contributed by atoms with Gasteiger partial charge in [0.15, 0.2) is 0 Å². The molecular weight excluding hydrogens is 342 g/mol. The summed E-state index contributed by atoms with van der Waals surface area (Å²) in [5, 5.41) is 6.77. The van der Waals surface area contributed by atoms with Crippen LogP contribution in [0.5, 0.6) is 5.75 Å². The summed E-state index contributed by atoms with van der Waals surface area (Å²) in [6.07, 6.45) is 0.489. The van der Waals surface area contributed by atoms with Gasteiger partial charge < -0.3 is 14.8 Å². The van der Waals surface area contributed by atoms with Gasteiger partial charge in [-0.1, -0.05) is 18.3 Å². The number of nitrogens with zero attached hydrogens (tertiary/aromatic N) is 2. The lowest BCUT2D eigenvalue weighted by Gasteiger charge is -2.18. The molecule has 0 aliphatic heterocycles. The van der Waals surface area contributed by atoms with Crippen LogP contribution in [0.3, 0.4) is 0 Å². The summed E-state index contributed by atoms with van der Waals surface area (Å²) in [5.74, 6) is 0.0769. The summed E-state index contributed by atoms with van der Waals surface area (Å²) in [6, 6.07) is 6.47. The van der Waals surface area contributed by atoms with E-state index in [-0.39, 0.29) is 5.92 Å². The SMILES string of the molecule is COC(=O)C(CC(C)C)NC(=O)c1snnc1-c1ccc(OC)cc1. The second-order valence-electron chi connectivity index (χ2n) is 5.86. The maximum Gasteiger partial charge on any atom is 0.328 e. The highest BCUT2D eigenvalue weighted by atomic mass is 32.1. The predicted octanol–water partition coefficient (Wildman–Crippen LogP) is 2.53. The Morgan fingerprint density at radius 3 is 2.44 bits per heavy atom. The van der Waals surface area contributed by atoms with Crippen LogP contribution in [0.2, 0.25) is 0 Å². The minimum Gasteiger partial charge on any atom is -0.497 e. The van der Waals surface area contributed by atoms with Crippen LogP contribution in [0.4, 0.5) is 0 Å². The van der Waals surface area contributed by atoms with Crippen molar-refractivity contribution in [2.24, 2.45) is 5.92 Å². The quantitative estimate of drug-likeness (QED) is 0.760. The van der Waals surface area contributed by atoms with Gasteiger partial charge in [-0.25, -0.2) is 4.79 Å². The summed E-state index contributed by atoms with van der Waals surface area (Å²) < 4.78 is 13.8. The fourth-order valence-corrected chi connectivity index (χ4v) is 2.92. The van der Waals surface area contributed by atoms with Crippen molar-refractivity contribution in [3.63, 3.8) is 0 Å². The monoisotopic (exact) mass is 363 g/mol.